The number of hydrogen-bond acceptors (Lipinski definition) is 4. The molecule has 3 aliphatic rings. The Labute approximate surface area is 242 Å². The molecule has 1 saturated carbocycles. The molecule has 3 aromatic carbocycles. The van der Waals surface area contributed by atoms with Gasteiger partial charge in [-0.2, -0.15) is 0 Å². The van der Waals surface area contributed by atoms with Crippen molar-refractivity contribution in [3.8, 4) is 0 Å². The van der Waals surface area contributed by atoms with Gasteiger partial charge in [0.2, 0.25) is 0 Å². The molecule has 9 heteroatoms. The Morgan fingerprint density at radius 1 is 1.02 bits per heavy atom. The molecule has 1 saturated heterocycles. The highest BCUT2D eigenvalue weighted by molar-refractivity contribution is 7.78. The number of likely N-dealkylation sites (tertiary alicyclic amines) is 1. The summed E-state index contributed by atoms with van der Waals surface area (Å²) in [5, 5.41) is 3.23. The van der Waals surface area contributed by atoms with Crippen LogP contribution in [-0.4, -0.2) is 52.1 Å². The molecule has 0 aromatic heterocycles. The normalized spacial score (nSPS) is 21.8. The van der Waals surface area contributed by atoms with Gasteiger partial charge in [-0.05, 0) is 85.0 Å². The summed E-state index contributed by atoms with van der Waals surface area (Å²) >= 11 is -1.98. The molecule has 0 bridgehead atoms. The lowest BCUT2D eigenvalue weighted by Gasteiger charge is -2.44. The molecule has 0 radical (unpaired) electrons. The minimum atomic E-state index is -1.98. The van der Waals surface area contributed by atoms with Crippen LogP contribution in [0.2, 0.25) is 0 Å². The third-order valence-electron chi connectivity index (χ3n) is 8.59. The van der Waals surface area contributed by atoms with Crippen LogP contribution in [-0.2, 0) is 23.3 Å². The highest BCUT2D eigenvalue weighted by Gasteiger charge is 2.37. The van der Waals surface area contributed by atoms with Gasteiger partial charge in [-0.25, -0.2) is 13.0 Å². The van der Waals surface area contributed by atoms with Crippen LogP contribution in [0.1, 0.15) is 66.0 Å². The van der Waals surface area contributed by atoms with Gasteiger partial charge < -0.3 is 14.8 Å². The van der Waals surface area contributed by atoms with E-state index in [9.17, 15) is 13.2 Å². The van der Waals surface area contributed by atoms with Gasteiger partial charge in [-0.1, -0.05) is 30.3 Å². The first kappa shape index (κ1) is 28.2. The largest absolute Gasteiger partial charge is 0.380 e. The lowest BCUT2D eigenvalue weighted by atomic mass is 9.83. The van der Waals surface area contributed by atoms with Crippen LogP contribution in [0.4, 0.5) is 24.5 Å². The van der Waals surface area contributed by atoms with E-state index in [4.69, 9.17) is 0 Å². The standard InChI is InChI=1S/C32H36F3N3O2S/c1-20-13-24-14-21(19-41(39)40)3-10-28(24)32(38(20)27-8-6-23(7-9-27)22-4-5-22)31-29(34)15-25(16-30(31)35)36-26-17-37(18-26)12-2-11-33/h3,6-10,14-16,20,22,26,32,36H,2,4-5,11-13,17-19H2,1H3,(H,39,40)/t20-,32+/m1/s1. The highest BCUT2D eigenvalue weighted by Crippen LogP contribution is 2.45. The molecule has 2 aliphatic heterocycles. The minimum absolute atomic E-state index is 0.00807. The Balaban J connectivity index is 1.35. The molecule has 2 fully saturated rings. The Bertz CT molecular complexity index is 1400. The van der Waals surface area contributed by atoms with Crippen LogP contribution < -0.4 is 10.2 Å². The van der Waals surface area contributed by atoms with Gasteiger partial charge in [0, 0.05) is 37.1 Å². The zero-order valence-corrected chi connectivity index (χ0v) is 24.0. The summed E-state index contributed by atoms with van der Waals surface area (Å²) in [6.07, 6.45) is 3.53. The Morgan fingerprint density at radius 2 is 1.73 bits per heavy atom. The molecule has 2 heterocycles. The van der Waals surface area contributed by atoms with Gasteiger partial charge in [-0.15, -0.1) is 0 Å². The van der Waals surface area contributed by atoms with Crippen LogP contribution in [0, 0.1) is 11.6 Å². The summed E-state index contributed by atoms with van der Waals surface area (Å²) in [6.45, 7) is 3.81. The number of alkyl halides is 1. The maximum atomic E-state index is 16.0. The summed E-state index contributed by atoms with van der Waals surface area (Å²) in [7, 11) is 0. The van der Waals surface area contributed by atoms with Crippen LogP contribution in [0.5, 0.6) is 0 Å². The van der Waals surface area contributed by atoms with Crippen molar-refractivity contribution in [2.24, 2.45) is 0 Å². The van der Waals surface area contributed by atoms with Crippen LogP contribution >= 0.6 is 0 Å². The molecule has 5 nitrogen and oxygen atoms in total. The third-order valence-corrected chi connectivity index (χ3v) is 9.17. The molecular weight excluding hydrogens is 547 g/mol. The second-order valence-electron chi connectivity index (χ2n) is 11.7. The van der Waals surface area contributed by atoms with Gasteiger partial charge in [0.25, 0.3) is 0 Å². The van der Waals surface area contributed by atoms with Crippen molar-refractivity contribution < 1.29 is 21.9 Å². The van der Waals surface area contributed by atoms with E-state index in [1.54, 1.807) is 6.07 Å². The lowest BCUT2D eigenvalue weighted by molar-refractivity contribution is 0.155. The van der Waals surface area contributed by atoms with Crippen molar-refractivity contribution >= 4 is 22.5 Å². The topological polar surface area (TPSA) is 55.8 Å². The van der Waals surface area contributed by atoms with Crippen molar-refractivity contribution in [2.45, 2.75) is 62.4 Å². The maximum absolute atomic E-state index is 16.0. The van der Waals surface area contributed by atoms with E-state index in [1.807, 2.05) is 12.1 Å². The fourth-order valence-corrected chi connectivity index (χ4v) is 6.95. The minimum Gasteiger partial charge on any atom is -0.380 e. The highest BCUT2D eigenvalue weighted by atomic mass is 32.2. The Hall–Kier alpha value is -2.88. The van der Waals surface area contributed by atoms with E-state index < -0.39 is 28.8 Å². The number of nitrogens with one attached hydrogen (secondary N) is 1. The first-order valence-corrected chi connectivity index (χ1v) is 15.7. The zero-order valence-electron chi connectivity index (χ0n) is 23.2. The van der Waals surface area contributed by atoms with E-state index in [0.29, 0.717) is 44.1 Å². The molecular formula is C32H36F3N3O2S. The van der Waals surface area contributed by atoms with E-state index in [0.717, 1.165) is 22.4 Å². The van der Waals surface area contributed by atoms with Crippen LogP contribution in [0.25, 0.3) is 0 Å². The van der Waals surface area contributed by atoms with Crippen LogP contribution in [0.3, 0.4) is 0 Å². The molecule has 218 valence electrons. The molecule has 1 aliphatic carbocycles. The molecule has 6 rings (SSSR count). The summed E-state index contributed by atoms with van der Waals surface area (Å²) in [5.74, 6) is -0.623. The molecule has 3 aromatic rings. The summed E-state index contributed by atoms with van der Waals surface area (Å²) in [4.78, 5) is 4.22. The van der Waals surface area contributed by atoms with Crippen molar-refractivity contribution in [1.29, 1.82) is 0 Å². The Morgan fingerprint density at radius 3 is 2.37 bits per heavy atom. The monoisotopic (exact) mass is 583 g/mol. The van der Waals surface area contributed by atoms with E-state index in [1.165, 1.54) is 30.5 Å². The SMILES string of the molecule is C[C@@H]1Cc2cc(CS(=O)O)ccc2[C@@H](c2c(F)cc(NC3CN(CCCF)C3)cc2F)N1c1ccc(C2CC2)cc1. The van der Waals surface area contributed by atoms with Crippen LogP contribution in [0.15, 0.2) is 54.6 Å². The number of halogens is 3. The first-order chi connectivity index (χ1) is 19.8. The summed E-state index contributed by atoms with van der Waals surface area (Å²) < 4.78 is 65.4. The molecule has 2 N–H and O–H groups in total. The lowest BCUT2D eigenvalue weighted by Crippen LogP contribution is -2.54. The predicted molar refractivity (Wildman–Crippen MR) is 158 cm³/mol. The second-order valence-corrected chi connectivity index (χ2v) is 12.7. The Kier molecular flexibility index (Phi) is 8.12. The molecule has 3 atom stereocenters. The summed E-state index contributed by atoms with van der Waals surface area (Å²) in [5.41, 5.74) is 5.03. The van der Waals surface area contributed by atoms with Gasteiger partial charge in [-0.3, -0.25) is 9.29 Å². The van der Waals surface area contributed by atoms with Crippen molar-refractivity contribution in [3.05, 3.63) is 94.0 Å². The fraction of sp³-hybridized carbons (Fsp3) is 0.438. The molecule has 0 spiro atoms. The number of benzene rings is 3. The predicted octanol–water partition coefficient (Wildman–Crippen LogP) is 6.56. The van der Waals surface area contributed by atoms with E-state index in [-0.39, 0.29) is 30.1 Å². The van der Waals surface area contributed by atoms with Crippen molar-refractivity contribution in [1.82, 2.24) is 4.90 Å². The zero-order chi connectivity index (χ0) is 28.7. The third kappa shape index (κ3) is 6.03. The van der Waals surface area contributed by atoms with Crippen molar-refractivity contribution in [3.63, 3.8) is 0 Å². The number of rotatable bonds is 10. The van der Waals surface area contributed by atoms with Crippen molar-refractivity contribution in [2.75, 3.05) is 36.5 Å². The number of nitrogens with zero attached hydrogens (tertiary/aromatic N) is 2. The first-order valence-electron chi connectivity index (χ1n) is 14.4. The smallest absolute Gasteiger partial charge is 0.157 e. The van der Waals surface area contributed by atoms with E-state index >= 15 is 8.78 Å². The average molecular weight is 584 g/mol. The van der Waals surface area contributed by atoms with Gasteiger partial charge in [0.05, 0.1) is 30.1 Å². The maximum Gasteiger partial charge on any atom is 0.157 e. The quantitative estimate of drug-likeness (QED) is 0.265. The van der Waals surface area contributed by atoms with E-state index in [2.05, 4.69) is 46.3 Å². The molecule has 41 heavy (non-hydrogen) atoms. The summed E-state index contributed by atoms with van der Waals surface area (Å²) in [6, 6.07) is 15.9. The fourth-order valence-electron chi connectivity index (χ4n) is 6.48. The average Bonchev–Trinajstić information content (AvgIpc) is 3.75. The molecule has 0 amide bonds. The number of anilines is 2. The second kappa shape index (κ2) is 11.8. The van der Waals surface area contributed by atoms with Gasteiger partial charge in [0.1, 0.15) is 11.6 Å². The number of hydrogen-bond donors (Lipinski definition) is 2. The van der Waals surface area contributed by atoms with Gasteiger partial charge >= 0.3 is 0 Å². The molecule has 1 unspecified atom stereocenters. The number of fused-ring (bicyclic) bond motifs is 1. The van der Waals surface area contributed by atoms with Gasteiger partial charge in [0.15, 0.2) is 11.1 Å².